The first-order chi connectivity index (χ1) is 14.1. The quantitative estimate of drug-likeness (QED) is 0.548. The second-order valence-electron chi connectivity index (χ2n) is 7.75. The van der Waals surface area contributed by atoms with Crippen LogP contribution in [-0.2, 0) is 5.60 Å². The molecule has 1 aromatic carbocycles. The Morgan fingerprint density at radius 2 is 1.83 bits per heavy atom. The summed E-state index contributed by atoms with van der Waals surface area (Å²) in [6.07, 6.45) is 3.13. The summed E-state index contributed by atoms with van der Waals surface area (Å²) >= 11 is 0. The van der Waals surface area contributed by atoms with Gasteiger partial charge in [0.2, 0.25) is 0 Å². The van der Waals surface area contributed by atoms with E-state index in [4.69, 9.17) is 5.11 Å². The molecule has 6 nitrogen and oxygen atoms in total. The third-order valence-corrected chi connectivity index (χ3v) is 4.62. The largest absolute Gasteiger partial charge is 0.465 e. The van der Waals surface area contributed by atoms with Crippen LogP contribution in [0.1, 0.15) is 37.9 Å². The van der Waals surface area contributed by atoms with E-state index >= 15 is 0 Å². The lowest BCUT2D eigenvalue weighted by Crippen LogP contribution is -2.20. The highest BCUT2D eigenvalue weighted by atomic mass is 19.1. The monoisotopic (exact) mass is 415 g/mol. The number of pyridine rings is 2. The van der Waals surface area contributed by atoms with Crippen LogP contribution in [0.2, 0.25) is 0 Å². The van der Waals surface area contributed by atoms with Crippen molar-refractivity contribution in [1.82, 2.24) is 9.97 Å². The van der Waals surface area contributed by atoms with Crippen molar-refractivity contribution in [1.29, 1.82) is 0 Å². The van der Waals surface area contributed by atoms with E-state index in [9.17, 15) is 18.7 Å². The van der Waals surface area contributed by atoms with E-state index in [2.05, 4.69) is 15.3 Å². The molecule has 3 N–H and O–H groups in total. The lowest BCUT2D eigenvalue weighted by Gasteiger charge is -2.19. The van der Waals surface area contributed by atoms with E-state index < -0.39 is 23.7 Å². The van der Waals surface area contributed by atoms with Gasteiger partial charge >= 0.3 is 6.09 Å². The van der Waals surface area contributed by atoms with Gasteiger partial charge in [-0.15, -0.1) is 0 Å². The Labute approximate surface area is 172 Å². The molecule has 8 heteroatoms. The van der Waals surface area contributed by atoms with Gasteiger partial charge in [-0.25, -0.2) is 18.6 Å². The molecule has 30 heavy (non-hydrogen) atoms. The van der Waals surface area contributed by atoms with Gasteiger partial charge in [0.25, 0.3) is 0 Å². The molecule has 1 amide bonds. The maximum absolute atomic E-state index is 14.6. The van der Waals surface area contributed by atoms with E-state index in [0.717, 1.165) is 29.2 Å². The van der Waals surface area contributed by atoms with Crippen molar-refractivity contribution < 1.29 is 23.8 Å². The van der Waals surface area contributed by atoms with Crippen LogP contribution in [-0.4, -0.2) is 32.4 Å². The molecular formula is C22H23F2N3O3. The summed E-state index contributed by atoms with van der Waals surface area (Å²) in [5.41, 5.74) is 0.405. The molecule has 1 fully saturated rings. The third-order valence-electron chi connectivity index (χ3n) is 4.62. The number of carbonyl (C=O) groups is 1. The first-order valence-corrected chi connectivity index (χ1v) is 9.48. The summed E-state index contributed by atoms with van der Waals surface area (Å²) in [6.45, 7) is 4.62. The summed E-state index contributed by atoms with van der Waals surface area (Å²) in [5.74, 6) is -0.301. The molecule has 0 bridgehead atoms. The number of benzene rings is 1. The molecular weight excluding hydrogens is 392 g/mol. The predicted octanol–water partition coefficient (Wildman–Crippen LogP) is 5.18. The molecule has 4 rings (SSSR count). The topological polar surface area (TPSA) is 95.3 Å². The minimum absolute atomic E-state index is 0.00518. The minimum atomic E-state index is -1.37. The molecule has 2 heterocycles. The van der Waals surface area contributed by atoms with Crippen molar-refractivity contribution in [3.8, 4) is 11.1 Å². The second-order valence-corrected chi connectivity index (χ2v) is 7.75. The molecule has 0 aliphatic heterocycles. The fourth-order valence-corrected chi connectivity index (χ4v) is 2.85. The highest BCUT2D eigenvalue weighted by Gasteiger charge is 2.25. The summed E-state index contributed by atoms with van der Waals surface area (Å²) < 4.78 is 25.7. The molecule has 1 aliphatic carbocycles. The lowest BCUT2D eigenvalue weighted by molar-refractivity contribution is 0.0693. The van der Waals surface area contributed by atoms with Crippen molar-refractivity contribution in [3.63, 3.8) is 0 Å². The first kappa shape index (κ1) is 21.6. The third kappa shape index (κ3) is 5.07. The van der Waals surface area contributed by atoms with Gasteiger partial charge in [0.15, 0.2) is 5.82 Å². The maximum Gasteiger partial charge on any atom is 0.410 e. The van der Waals surface area contributed by atoms with Gasteiger partial charge in [0.05, 0.1) is 0 Å². The zero-order chi connectivity index (χ0) is 22.1. The Morgan fingerprint density at radius 3 is 2.40 bits per heavy atom. The molecule has 2 aromatic heterocycles. The number of aromatic nitrogens is 2. The number of hydrogen-bond acceptors (Lipinski definition) is 4. The molecule has 0 unspecified atom stereocenters. The average Bonchev–Trinajstić information content (AvgIpc) is 3.44. The fraction of sp³-hybridized carbons (Fsp3) is 0.318. The van der Waals surface area contributed by atoms with Crippen LogP contribution in [0.4, 0.5) is 19.4 Å². The highest BCUT2D eigenvalue weighted by molar-refractivity contribution is 5.91. The lowest BCUT2D eigenvalue weighted by atomic mass is 9.96. The molecule has 158 valence electrons. The summed E-state index contributed by atoms with van der Waals surface area (Å²) in [4.78, 5) is 18.9. The van der Waals surface area contributed by atoms with Crippen molar-refractivity contribution in [3.05, 3.63) is 53.7 Å². The Hall–Kier alpha value is -3.13. The van der Waals surface area contributed by atoms with Crippen LogP contribution in [0.3, 0.4) is 0 Å². The smallest absolute Gasteiger partial charge is 0.410 e. The number of halogens is 2. The molecule has 0 radical (unpaired) electrons. The van der Waals surface area contributed by atoms with Gasteiger partial charge in [-0.3, -0.25) is 10.3 Å². The molecule has 3 aromatic rings. The minimum Gasteiger partial charge on any atom is -0.465 e. The van der Waals surface area contributed by atoms with Crippen molar-refractivity contribution in [2.75, 3.05) is 5.32 Å². The maximum atomic E-state index is 14.6. The predicted molar refractivity (Wildman–Crippen MR) is 111 cm³/mol. The summed E-state index contributed by atoms with van der Waals surface area (Å²) in [5, 5.41) is 22.6. The number of alkyl halides is 1. The van der Waals surface area contributed by atoms with Crippen molar-refractivity contribution in [2.45, 2.75) is 45.4 Å². The number of hydrogen-bond donors (Lipinski definition) is 3. The van der Waals surface area contributed by atoms with Gasteiger partial charge in [-0.05, 0) is 62.3 Å². The number of aliphatic hydroxyl groups is 1. The van der Waals surface area contributed by atoms with E-state index in [1.54, 1.807) is 37.5 Å². The van der Waals surface area contributed by atoms with Crippen LogP contribution in [0.15, 0.2) is 36.7 Å². The van der Waals surface area contributed by atoms with E-state index in [1.807, 2.05) is 6.07 Å². The van der Waals surface area contributed by atoms with Crippen LogP contribution in [0.5, 0.6) is 0 Å². The van der Waals surface area contributed by atoms with Gasteiger partial charge in [0, 0.05) is 23.3 Å². The normalized spacial score (nSPS) is 13.5. The molecule has 0 spiro atoms. The average molecular weight is 415 g/mol. The molecule has 1 saturated carbocycles. The first-order valence-electron chi connectivity index (χ1n) is 9.48. The number of nitrogens with zero attached hydrogens (tertiary/aromatic N) is 2. The number of amides is 1. The number of fused-ring (bicyclic) bond motifs is 1. The zero-order valence-corrected chi connectivity index (χ0v) is 16.9. The van der Waals surface area contributed by atoms with E-state index in [1.165, 1.54) is 13.8 Å². The SMILES string of the molecule is Cc1c(-c2ccc3cc(NC(=O)O)ncc3c2)cnc(C(C)(C)O)c1F.FC1CC1. The van der Waals surface area contributed by atoms with Crippen LogP contribution >= 0.6 is 0 Å². The number of anilines is 1. The Balaban J connectivity index is 0.000000572. The fourth-order valence-electron chi connectivity index (χ4n) is 2.85. The number of rotatable bonds is 3. The summed E-state index contributed by atoms with van der Waals surface area (Å²) in [7, 11) is 0. The Kier molecular flexibility index (Phi) is 5.98. The van der Waals surface area contributed by atoms with Crippen LogP contribution in [0, 0.1) is 12.7 Å². The van der Waals surface area contributed by atoms with E-state index in [-0.39, 0.29) is 11.5 Å². The molecule has 1 aliphatic rings. The Morgan fingerprint density at radius 1 is 1.17 bits per heavy atom. The van der Waals surface area contributed by atoms with Crippen LogP contribution < -0.4 is 5.32 Å². The second kappa shape index (κ2) is 8.31. The van der Waals surface area contributed by atoms with Crippen molar-refractivity contribution in [2.24, 2.45) is 0 Å². The highest BCUT2D eigenvalue weighted by Crippen LogP contribution is 2.31. The number of carboxylic acid groups (broad SMARTS) is 1. The standard InChI is InChI=1S/C19H18FN3O3.C3H5F/c1-10-14(9-22-17(16(10)20)19(2,3)26)12-5-4-11-7-15(23-18(24)25)21-8-13(11)6-12;4-3-1-2-3/h4-9,26H,1-3H3,(H,21,23)(H,24,25);3H,1-2H2. The Bertz CT molecular complexity index is 1090. The number of nitrogens with one attached hydrogen (secondary N) is 1. The van der Waals surface area contributed by atoms with Gasteiger partial charge in [-0.1, -0.05) is 12.1 Å². The molecule has 0 saturated heterocycles. The van der Waals surface area contributed by atoms with Gasteiger partial charge < -0.3 is 10.2 Å². The van der Waals surface area contributed by atoms with Crippen molar-refractivity contribution >= 4 is 22.7 Å². The van der Waals surface area contributed by atoms with Gasteiger partial charge in [-0.2, -0.15) is 0 Å². The zero-order valence-electron chi connectivity index (χ0n) is 16.9. The van der Waals surface area contributed by atoms with Crippen LogP contribution in [0.25, 0.3) is 21.9 Å². The summed E-state index contributed by atoms with van der Waals surface area (Å²) in [6, 6.07) is 7.07. The van der Waals surface area contributed by atoms with Gasteiger partial charge in [0.1, 0.15) is 23.3 Å². The molecule has 0 atom stereocenters. The van der Waals surface area contributed by atoms with E-state index in [0.29, 0.717) is 11.1 Å².